The van der Waals surface area contributed by atoms with E-state index in [9.17, 15) is 4.79 Å². The van der Waals surface area contributed by atoms with E-state index in [-0.39, 0.29) is 0 Å². The van der Waals surface area contributed by atoms with Gasteiger partial charge < -0.3 is 10.2 Å². The van der Waals surface area contributed by atoms with Gasteiger partial charge >= 0.3 is 0 Å². The van der Waals surface area contributed by atoms with Crippen LogP contribution < -0.4 is 5.32 Å². The molecule has 0 aromatic carbocycles. The normalized spacial score (nSPS) is 49.0. The van der Waals surface area contributed by atoms with Crippen LogP contribution in [0.4, 0.5) is 0 Å². The zero-order valence-electron chi connectivity index (χ0n) is 12.8. The lowest BCUT2D eigenvalue weighted by atomic mass is 9.90. The van der Waals surface area contributed by atoms with Crippen LogP contribution >= 0.6 is 0 Å². The summed E-state index contributed by atoms with van der Waals surface area (Å²) in [5, 5.41) is 3.38. The van der Waals surface area contributed by atoms with Crippen molar-refractivity contribution in [2.75, 3.05) is 14.1 Å². The smallest absolute Gasteiger partial charge is 0.226 e. The Bertz CT molecular complexity index is 386. The molecule has 4 fully saturated rings. The van der Waals surface area contributed by atoms with E-state index in [1.54, 1.807) is 0 Å². The third-order valence-electron chi connectivity index (χ3n) is 7.02. The molecule has 4 saturated carbocycles. The van der Waals surface area contributed by atoms with Gasteiger partial charge in [0.1, 0.15) is 0 Å². The van der Waals surface area contributed by atoms with Crippen molar-refractivity contribution in [1.82, 2.24) is 10.2 Å². The SMILES string of the molecule is CNC1CCC(N(C)C(=O)C2C3C4CCC(C4)C23)CC1. The van der Waals surface area contributed by atoms with Gasteiger partial charge in [0.25, 0.3) is 0 Å². The maximum absolute atomic E-state index is 12.8. The molecule has 0 saturated heterocycles. The van der Waals surface area contributed by atoms with Crippen molar-refractivity contribution in [3.8, 4) is 0 Å². The fourth-order valence-corrected chi connectivity index (χ4v) is 5.82. The Morgan fingerprint density at radius 2 is 1.60 bits per heavy atom. The third kappa shape index (κ3) is 1.85. The van der Waals surface area contributed by atoms with Gasteiger partial charge in [-0.2, -0.15) is 0 Å². The predicted molar refractivity (Wildman–Crippen MR) is 79.2 cm³/mol. The first kappa shape index (κ1) is 13.1. The van der Waals surface area contributed by atoms with Gasteiger partial charge in [-0.15, -0.1) is 0 Å². The van der Waals surface area contributed by atoms with Gasteiger partial charge in [-0.05, 0) is 75.7 Å². The number of amides is 1. The number of carbonyl (C=O) groups is 1. The minimum atomic E-state index is 0.424. The average Bonchev–Trinajstić information content (AvgIpc) is 2.93. The van der Waals surface area contributed by atoms with E-state index < -0.39 is 0 Å². The van der Waals surface area contributed by atoms with Crippen molar-refractivity contribution in [1.29, 1.82) is 0 Å². The first-order chi connectivity index (χ1) is 9.70. The highest BCUT2D eigenvalue weighted by Crippen LogP contribution is 2.69. The van der Waals surface area contributed by atoms with Gasteiger partial charge in [0.05, 0.1) is 0 Å². The quantitative estimate of drug-likeness (QED) is 0.857. The molecule has 4 rings (SSSR count). The lowest BCUT2D eigenvalue weighted by Gasteiger charge is -2.35. The zero-order valence-corrected chi connectivity index (χ0v) is 12.8. The number of fused-ring (bicyclic) bond motifs is 5. The molecule has 4 aliphatic carbocycles. The second kappa shape index (κ2) is 4.72. The Hall–Kier alpha value is -0.570. The van der Waals surface area contributed by atoms with Crippen molar-refractivity contribution in [3.63, 3.8) is 0 Å². The minimum Gasteiger partial charge on any atom is -0.343 e. The lowest BCUT2D eigenvalue weighted by Crippen LogP contribution is -2.43. The molecule has 0 radical (unpaired) electrons. The van der Waals surface area contributed by atoms with E-state index in [2.05, 4.69) is 24.3 Å². The first-order valence-electron chi connectivity index (χ1n) is 8.64. The van der Waals surface area contributed by atoms with E-state index in [4.69, 9.17) is 0 Å². The number of hydrogen-bond donors (Lipinski definition) is 1. The van der Waals surface area contributed by atoms with Crippen LogP contribution in [0, 0.1) is 29.6 Å². The summed E-state index contributed by atoms with van der Waals surface area (Å²) < 4.78 is 0. The summed E-state index contributed by atoms with van der Waals surface area (Å²) in [5.41, 5.74) is 0. The van der Waals surface area contributed by atoms with Crippen LogP contribution in [-0.4, -0.2) is 37.0 Å². The maximum Gasteiger partial charge on any atom is 0.226 e. The third-order valence-corrected chi connectivity index (χ3v) is 7.02. The largest absolute Gasteiger partial charge is 0.343 e. The second-order valence-electron chi connectivity index (χ2n) is 7.76. The molecule has 4 aliphatic rings. The molecule has 0 heterocycles. The summed E-state index contributed by atoms with van der Waals surface area (Å²) in [7, 11) is 4.13. The number of rotatable bonds is 3. The number of nitrogens with one attached hydrogen (secondary N) is 1. The van der Waals surface area contributed by atoms with Crippen LogP contribution in [0.1, 0.15) is 44.9 Å². The molecule has 0 aromatic rings. The fourth-order valence-electron chi connectivity index (χ4n) is 5.82. The molecule has 4 atom stereocenters. The molecule has 3 heteroatoms. The topological polar surface area (TPSA) is 32.3 Å². The van der Waals surface area contributed by atoms with Gasteiger partial charge in [-0.25, -0.2) is 0 Å². The van der Waals surface area contributed by atoms with Gasteiger partial charge in [-0.3, -0.25) is 4.79 Å². The molecule has 1 amide bonds. The molecular weight excluding hydrogens is 248 g/mol. The van der Waals surface area contributed by atoms with Gasteiger partial charge in [-0.1, -0.05) is 0 Å². The zero-order chi connectivity index (χ0) is 13.9. The molecule has 112 valence electrons. The van der Waals surface area contributed by atoms with Gasteiger partial charge in [0.2, 0.25) is 5.91 Å². The Labute approximate surface area is 122 Å². The number of nitrogens with zero attached hydrogens (tertiary/aromatic N) is 1. The van der Waals surface area contributed by atoms with Crippen molar-refractivity contribution in [2.24, 2.45) is 29.6 Å². The predicted octanol–water partition coefficient (Wildman–Crippen LogP) is 2.27. The Morgan fingerprint density at radius 1 is 1.00 bits per heavy atom. The van der Waals surface area contributed by atoms with Crippen molar-refractivity contribution in [3.05, 3.63) is 0 Å². The summed E-state index contributed by atoms with van der Waals surface area (Å²) in [4.78, 5) is 14.9. The van der Waals surface area contributed by atoms with E-state index in [1.165, 1.54) is 44.9 Å². The van der Waals surface area contributed by atoms with E-state index >= 15 is 0 Å². The van der Waals surface area contributed by atoms with Crippen molar-refractivity contribution < 1.29 is 4.79 Å². The summed E-state index contributed by atoms with van der Waals surface area (Å²) >= 11 is 0. The van der Waals surface area contributed by atoms with Crippen LogP contribution in [0.5, 0.6) is 0 Å². The molecule has 2 bridgehead atoms. The molecule has 3 nitrogen and oxygen atoms in total. The molecule has 0 spiro atoms. The number of carbonyl (C=O) groups excluding carboxylic acids is 1. The molecule has 4 unspecified atom stereocenters. The molecule has 0 aromatic heterocycles. The van der Waals surface area contributed by atoms with E-state index in [0.717, 1.165) is 23.7 Å². The van der Waals surface area contributed by atoms with E-state index in [1.807, 2.05) is 0 Å². The summed E-state index contributed by atoms with van der Waals surface area (Å²) in [6.45, 7) is 0. The van der Waals surface area contributed by atoms with Crippen molar-refractivity contribution >= 4 is 5.91 Å². The van der Waals surface area contributed by atoms with Crippen LogP contribution in [0.2, 0.25) is 0 Å². The Morgan fingerprint density at radius 3 is 2.15 bits per heavy atom. The standard InChI is InChI=1S/C17H28N2O/c1-18-12-5-7-13(8-6-12)19(2)17(20)16-14-10-3-4-11(9-10)15(14)16/h10-16,18H,3-9H2,1-2H3. The fraction of sp³-hybridized carbons (Fsp3) is 0.941. The first-order valence-corrected chi connectivity index (χ1v) is 8.64. The highest BCUT2D eigenvalue weighted by atomic mass is 16.2. The van der Waals surface area contributed by atoms with E-state index in [0.29, 0.717) is 23.9 Å². The highest BCUT2D eigenvalue weighted by Gasteiger charge is 2.67. The molecule has 0 aliphatic heterocycles. The Balaban J connectivity index is 1.36. The van der Waals surface area contributed by atoms with Crippen molar-refractivity contribution in [2.45, 2.75) is 57.0 Å². The van der Waals surface area contributed by atoms with Crippen LogP contribution in [0.25, 0.3) is 0 Å². The highest BCUT2D eigenvalue weighted by molar-refractivity contribution is 5.83. The van der Waals surface area contributed by atoms with Crippen LogP contribution in [0.3, 0.4) is 0 Å². The lowest BCUT2D eigenvalue weighted by molar-refractivity contribution is -0.135. The average molecular weight is 276 g/mol. The minimum absolute atomic E-state index is 0.424. The van der Waals surface area contributed by atoms with Crippen LogP contribution in [-0.2, 0) is 4.79 Å². The summed E-state index contributed by atoms with van der Waals surface area (Å²) in [5.74, 6) is 4.31. The van der Waals surface area contributed by atoms with Gasteiger partial charge in [0, 0.05) is 25.0 Å². The second-order valence-corrected chi connectivity index (χ2v) is 7.76. The maximum atomic E-state index is 12.8. The summed E-state index contributed by atoms with van der Waals surface area (Å²) in [6, 6.07) is 1.18. The molecular formula is C17H28N2O. The molecule has 20 heavy (non-hydrogen) atoms. The number of hydrogen-bond acceptors (Lipinski definition) is 2. The van der Waals surface area contributed by atoms with Crippen LogP contribution in [0.15, 0.2) is 0 Å². The van der Waals surface area contributed by atoms with Gasteiger partial charge in [0.15, 0.2) is 0 Å². The Kier molecular flexibility index (Phi) is 3.10. The summed E-state index contributed by atoms with van der Waals surface area (Å²) in [6.07, 6.45) is 9.07. The molecule has 1 N–H and O–H groups in total. The monoisotopic (exact) mass is 276 g/mol.